The number of hydrogen-bond donors (Lipinski definition) is 1. The third kappa shape index (κ3) is 3.36. The summed E-state index contributed by atoms with van der Waals surface area (Å²) in [6.45, 7) is 3.06. The molecule has 0 amide bonds. The lowest BCUT2D eigenvalue weighted by Gasteiger charge is -2.44. The Morgan fingerprint density at radius 2 is 1.67 bits per heavy atom. The molecule has 0 saturated heterocycles. The molecule has 0 atom stereocenters. The predicted octanol–water partition coefficient (Wildman–Crippen LogP) is 4.35. The van der Waals surface area contributed by atoms with Crippen LogP contribution < -0.4 is 0 Å². The van der Waals surface area contributed by atoms with E-state index in [4.69, 9.17) is 0 Å². The van der Waals surface area contributed by atoms with E-state index in [0.29, 0.717) is 24.4 Å². The van der Waals surface area contributed by atoms with Crippen molar-refractivity contribution in [1.82, 2.24) is 4.90 Å². The summed E-state index contributed by atoms with van der Waals surface area (Å²) >= 11 is 0. The average molecular weight is 323 g/mol. The number of benzene rings is 2. The molecule has 0 spiro atoms. The fraction of sp³-hybridized carbons (Fsp3) is 0.381. The van der Waals surface area contributed by atoms with Gasteiger partial charge in [-0.15, -0.1) is 0 Å². The van der Waals surface area contributed by atoms with Gasteiger partial charge in [0.1, 0.15) is 11.5 Å². The van der Waals surface area contributed by atoms with E-state index >= 15 is 0 Å². The Balaban J connectivity index is 0.000000231. The van der Waals surface area contributed by atoms with Crippen LogP contribution in [0.5, 0.6) is 5.75 Å². The van der Waals surface area contributed by atoms with Crippen molar-refractivity contribution in [3.63, 3.8) is 0 Å². The van der Waals surface area contributed by atoms with E-state index < -0.39 is 0 Å². The second-order valence-corrected chi connectivity index (χ2v) is 6.72. The predicted molar refractivity (Wildman–Crippen MR) is 97.0 cm³/mol. The lowest BCUT2D eigenvalue weighted by atomic mass is 9.75. The molecular formula is C21H25NO2. The van der Waals surface area contributed by atoms with Crippen molar-refractivity contribution in [2.24, 2.45) is 0 Å². The van der Waals surface area contributed by atoms with E-state index in [1.807, 2.05) is 12.1 Å². The fourth-order valence-corrected chi connectivity index (χ4v) is 3.61. The molecule has 0 unspecified atom stereocenters. The van der Waals surface area contributed by atoms with E-state index in [1.165, 1.54) is 11.1 Å². The van der Waals surface area contributed by atoms with Crippen LogP contribution in [0.25, 0.3) is 11.1 Å². The van der Waals surface area contributed by atoms with Gasteiger partial charge in [0, 0.05) is 18.4 Å². The zero-order valence-electron chi connectivity index (χ0n) is 14.5. The summed E-state index contributed by atoms with van der Waals surface area (Å²) in [5.41, 5.74) is 3.88. The minimum absolute atomic E-state index is 0.0958. The first-order valence-corrected chi connectivity index (χ1v) is 8.68. The Hall–Kier alpha value is -2.13. The number of phenols is 1. The number of fused-ring (bicyclic) bond motifs is 1. The lowest BCUT2D eigenvalue weighted by Crippen LogP contribution is -2.46. The Morgan fingerprint density at radius 1 is 1.04 bits per heavy atom. The van der Waals surface area contributed by atoms with Crippen LogP contribution in [0.1, 0.15) is 38.2 Å². The number of phenolic OH excluding ortho intramolecular Hbond substituents is 1. The van der Waals surface area contributed by atoms with Crippen LogP contribution in [0.3, 0.4) is 0 Å². The van der Waals surface area contributed by atoms with Crippen LogP contribution in [0.15, 0.2) is 48.5 Å². The van der Waals surface area contributed by atoms with Crippen molar-refractivity contribution >= 4 is 5.78 Å². The SMILES string of the molecule is CCN(C)C1(c2cccc(O)c2)CCC(=O)CC1.c1cc2cc-2c1. The first-order chi connectivity index (χ1) is 11.5. The van der Waals surface area contributed by atoms with Gasteiger partial charge >= 0.3 is 0 Å². The highest BCUT2D eigenvalue weighted by atomic mass is 16.3. The Labute approximate surface area is 143 Å². The molecule has 24 heavy (non-hydrogen) atoms. The molecule has 3 heteroatoms. The minimum Gasteiger partial charge on any atom is -0.508 e. The topological polar surface area (TPSA) is 40.5 Å². The molecule has 3 nitrogen and oxygen atoms in total. The van der Waals surface area contributed by atoms with Gasteiger partial charge in [-0.3, -0.25) is 9.69 Å². The highest BCUT2D eigenvalue weighted by molar-refractivity contribution is 5.80. The smallest absolute Gasteiger partial charge is 0.133 e. The summed E-state index contributed by atoms with van der Waals surface area (Å²) in [6.07, 6.45) is 2.97. The largest absolute Gasteiger partial charge is 0.508 e. The second-order valence-electron chi connectivity index (χ2n) is 6.72. The van der Waals surface area contributed by atoms with E-state index in [9.17, 15) is 9.90 Å². The van der Waals surface area contributed by atoms with Crippen molar-refractivity contribution in [2.75, 3.05) is 13.6 Å². The molecule has 1 N–H and O–H groups in total. The molecule has 0 radical (unpaired) electrons. The fourth-order valence-electron chi connectivity index (χ4n) is 3.61. The monoisotopic (exact) mass is 323 g/mol. The number of ketones is 1. The number of aromatic hydroxyl groups is 1. The maximum atomic E-state index is 11.5. The highest BCUT2D eigenvalue weighted by Crippen LogP contribution is 2.41. The Bertz CT molecular complexity index is 711. The molecule has 4 rings (SSSR count). The van der Waals surface area contributed by atoms with Crippen molar-refractivity contribution in [3.05, 3.63) is 54.1 Å². The molecule has 1 saturated carbocycles. The van der Waals surface area contributed by atoms with E-state index in [2.05, 4.69) is 49.2 Å². The van der Waals surface area contributed by atoms with Gasteiger partial charge in [0.05, 0.1) is 0 Å². The van der Waals surface area contributed by atoms with Crippen molar-refractivity contribution < 1.29 is 9.90 Å². The number of hydrogen-bond acceptors (Lipinski definition) is 3. The summed E-state index contributed by atoms with van der Waals surface area (Å²) in [4.78, 5) is 13.8. The molecule has 1 aromatic carbocycles. The normalized spacial score (nSPS) is 17.2. The van der Waals surface area contributed by atoms with Crippen LogP contribution in [-0.4, -0.2) is 29.4 Å². The quantitative estimate of drug-likeness (QED) is 0.779. The third-order valence-corrected chi connectivity index (χ3v) is 5.34. The van der Waals surface area contributed by atoms with Crippen LogP contribution in [-0.2, 0) is 10.3 Å². The zero-order valence-corrected chi connectivity index (χ0v) is 14.5. The van der Waals surface area contributed by atoms with Crippen LogP contribution >= 0.6 is 0 Å². The number of Topliss-reactive ketones (excluding diaryl/α,β-unsaturated/α-hetero) is 1. The molecule has 0 aliphatic heterocycles. The van der Waals surface area contributed by atoms with Crippen molar-refractivity contribution in [1.29, 1.82) is 0 Å². The molecule has 0 bridgehead atoms. The summed E-state index contributed by atoms with van der Waals surface area (Å²) in [5, 5.41) is 9.68. The second kappa shape index (κ2) is 6.78. The standard InChI is InChI=1S/C15H21NO2.C6H4/c1-3-16(2)15(9-7-13(17)8-10-15)12-5-4-6-14(18)11-12;1-2-5-4-6(5)3-1/h4-6,11,18H,3,7-10H2,1-2H3;1-4H. The number of rotatable bonds is 3. The number of nitrogens with zero attached hydrogens (tertiary/aromatic N) is 1. The van der Waals surface area contributed by atoms with E-state index in [-0.39, 0.29) is 5.54 Å². The molecule has 3 aliphatic rings. The first kappa shape index (κ1) is 16.7. The van der Waals surface area contributed by atoms with E-state index in [1.54, 1.807) is 6.07 Å². The average Bonchev–Trinajstić information content (AvgIpc) is 3.21. The van der Waals surface area contributed by atoms with Crippen molar-refractivity contribution in [2.45, 2.75) is 38.1 Å². The number of carbonyl (C=O) groups excluding carboxylic acids is 1. The zero-order chi connectivity index (χ0) is 17.2. The summed E-state index contributed by atoms with van der Waals surface area (Å²) in [6, 6.07) is 15.9. The van der Waals surface area contributed by atoms with E-state index in [0.717, 1.165) is 24.9 Å². The van der Waals surface area contributed by atoms with Crippen molar-refractivity contribution in [3.8, 4) is 16.9 Å². The van der Waals surface area contributed by atoms with Crippen LogP contribution in [0, 0.1) is 0 Å². The molecule has 126 valence electrons. The first-order valence-electron chi connectivity index (χ1n) is 8.68. The van der Waals surface area contributed by atoms with Gasteiger partial charge in [0.25, 0.3) is 0 Å². The van der Waals surface area contributed by atoms with Gasteiger partial charge in [-0.05, 0) is 61.3 Å². The van der Waals surface area contributed by atoms with Gasteiger partial charge in [-0.1, -0.05) is 37.3 Å². The maximum absolute atomic E-state index is 11.5. The molecule has 1 fully saturated rings. The van der Waals surface area contributed by atoms with Gasteiger partial charge < -0.3 is 5.11 Å². The minimum atomic E-state index is -0.0958. The molecule has 1 aromatic rings. The molecule has 3 aliphatic carbocycles. The molecule has 0 heterocycles. The Kier molecular flexibility index (Phi) is 4.72. The van der Waals surface area contributed by atoms with Crippen LogP contribution in [0.2, 0.25) is 0 Å². The van der Waals surface area contributed by atoms with Gasteiger partial charge in [-0.25, -0.2) is 0 Å². The maximum Gasteiger partial charge on any atom is 0.133 e. The summed E-state index contributed by atoms with van der Waals surface area (Å²) in [5.74, 6) is 0.656. The van der Waals surface area contributed by atoms with Gasteiger partial charge in [-0.2, -0.15) is 0 Å². The molecular weight excluding hydrogens is 298 g/mol. The molecule has 0 aromatic heterocycles. The lowest BCUT2D eigenvalue weighted by molar-refractivity contribution is -0.123. The van der Waals surface area contributed by atoms with Gasteiger partial charge in [0.2, 0.25) is 0 Å². The van der Waals surface area contributed by atoms with Gasteiger partial charge in [0.15, 0.2) is 0 Å². The third-order valence-electron chi connectivity index (χ3n) is 5.34. The number of carbonyl (C=O) groups is 1. The highest BCUT2D eigenvalue weighted by Gasteiger charge is 2.39. The summed E-state index contributed by atoms with van der Waals surface area (Å²) in [7, 11) is 2.10. The summed E-state index contributed by atoms with van der Waals surface area (Å²) < 4.78 is 0. The Morgan fingerprint density at radius 3 is 2.12 bits per heavy atom. The van der Waals surface area contributed by atoms with Crippen LogP contribution in [0.4, 0.5) is 0 Å².